The highest BCUT2D eigenvalue weighted by molar-refractivity contribution is 5.73. The molecule has 0 spiro atoms. The summed E-state index contributed by atoms with van der Waals surface area (Å²) in [4.78, 5) is 18.0. The lowest BCUT2D eigenvalue weighted by molar-refractivity contribution is 0.0846. The minimum atomic E-state index is -0.00510. The third kappa shape index (κ3) is 6.50. The first-order valence-electron chi connectivity index (χ1n) is 13.5. The van der Waals surface area contributed by atoms with E-state index in [0.717, 1.165) is 56.0 Å². The van der Waals surface area contributed by atoms with E-state index in [1.54, 1.807) is 0 Å². The van der Waals surface area contributed by atoms with E-state index < -0.39 is 0 Å². The molecule has 1 aliphatic rings. The topological polar surface area (TPSA) is 69.4 Å². The second-order valence-corrected chi connectivity index (χ2v) is 10.2. The van der Waals surface area contributed by atoms with E-state index in [-0.39, 0.29) is 5.56 Å². The van der Waals surface area contributed by atoms with Crippen molar-refractivity contribution < 1.29 is 4.74 Å². The monoisotopic (exact) mass is 502 g/mol. The first kappa shape index (κ1) is 27.1. The minimum absolute atomic E-state index is 0.00510. The van der Waals surface area contributed by atoms with Crippen LogP contribution in [0.2, 0.25) is 0 Å². The molecule has 1 aliphatic heterocycles. The standard InChI is InChI=1S/C31H42N4O2/c1-6-35(28-11-13-37-14-12-28)30-17-26(25-9-7-24(8-10-25)18-32-5)16-27(23(30)4)19-33-20-29-21(2)15-22(3)34-31(29)36/h7-10,15-17,28,32-33H,6,11-14,18-20H2,1-5H3,(H,34,36). The number of hydrogen-bond acceptors (Lipinski definition) is 5. The van der Waals surface area contributed by atoms with Gasteiger partial charge in [0.2, 0.25) is 0 Å². The van der Waals surface area contributed by atoms with Crippen molar-refractivity contribution in [2.24, 2.45) is 0 Å². The van der Waals surface area contributed by atoms with Crippen LogP contribution < -0.4 is 21.1 Å². The predicted octanol–water partition coefficient (Wildman–Crippen LogP) is 4.98. The number of rotatable bonds is 10. The minimum Gasteiger partial charge on any atom is -0.381 e. The van der Waals surface area contributed by atoms with Gasteiger partial charge in [0.25, 0.3) is 5.56 Å². The maximum Gasteiger partial charge on any atom is 0.252 e. The van der Waals surface area contributed by atoms with Crippen LogP contribution in [0.4, 0.5) is 5.69 Å². The first-order chi connectivity index (χ1) is 17.9. The Hall–Kier alpha value is -2.93. The molecule has 6 heteroatoms. The average molecular weight is 503 g/mol. The summed E-state index contributed by atoms with van der Waals surface area (Å²) >= 11 is 0. The summed E-state index contributed by atoms with van der Waals surface area (Å²) < 4.78 is 5.66. The maximum atomic E-state index is 12.5. The summed E-state index contributed by atoms with van der Waals surface area (Å²) in [6.45, 7) is 13.1. The van der Waals surface area contributed by atoms with E-state index in [1.807, 2.05) is 27.0 Å². The van der Waals surface area contributed by atoms with Crippen molar-refractivity contribution in [3.63, 3.8) is 0 Å². The van der Waals surface area contributed by atoms with Crippen molar-refractivity contribution in [3.05, 3.63) is 86.3 Å². The van der Waals surface area contributed by atoms with Crippen molar-refractivity contribution >= 4 is 5.69 Å². The third-order valence-corrected chi connectivity index (χ3v) is 7.55. The molecule has 0 saturated carbocycles. The van der Waals surface area contributed by atoms with Crippen molar-refractivity contribution in [2.75, 3.05) is 31.7 Å². The molecule has 0 bridgehead atoms. The molecule has 0 atom stereocenters. The molecule has 6 nitrogen and oxygen atoms in total. The van der Waals surface area contributed by atoms with Gasteiger partial charge in [0.15, 0.2) is 0 Å². The van der Waals surface area contributed by atoms with Gasteiger partial charge in [-0.15, -0.1) is 0 Å². The van der Waals surface area contributed by atoms with E-state index in [1.165, 1.54) is 33.5 Å². The zero-order valence-corrected chi connectivity index (χ0v) is 23.0. The van der Waals surface area contributed by atoms with Crippen LogP contribution in [0.1, 0.15) is 53.3 Å². The number of nitrogens with zero attached hydrogens (tertiary/aromatic N) is 1. The van der Waals surface area contributed by atoms with Gasteiger partial charge in [0.05, 0.1) is 0 Å². The van der Waals surface area contributed by atoms with Crippen LogP contribution in [0, 0.1) is 20.8 Å². The zero-order chi connectivity index (χ0) is 26.4. The average Bonchev–Trinajstić information content (AvgIpc) is 2.89. The molecule has 1 aromatic heterocycles. The van der Waals surface area contributed by atoms with Gasteiger partial charge in [-0.2, -0.15) is 0 Å². The Balaban J connectivity index is 1.67. The van der Waals surface area contributed by atoms with Gasteiger partial charge in [-0.3, -0.25) is 4.79 Å². The Morgan fingerprint density at radius 1 is 0.973 bits per heavy atom. The number of anilines is 1. The first-order valence-corrected chi connectivity index (χ1v) is 13.5. The van der Waals surface area contributed by atoms with Crippen LogP contribution in [0.25, 0.3) is 11.1 Å². The summed E-state index contributed by atoms with van der Waals surface area (Å²) in [6, 6.07) is 16.0. The quantitative estimate of drug-likeness (QED) is 0.365. The lowest BCUT2D eigenvalue weighted by atomic mass is 9.95. The fraction of sp³-hybridized carbons (Fsp3) is 0.452. The van der Waals surface area contributed by atoms with Crippen LogP contribution in [0.15, 0.2) is 47.3 Å². The number of H-pyrrole nitrogens is 1. The molecule has 0 radical (unpaired) electrons. The number of aryl methyl sites for hydroxylation is 2. The molecule has 2 aromatic carbocycles. The normalized spacial score (nSPS) is 14.2. The molecule has 0 unspecified atom stereocenters. The molecular formula is C31H42N4O2. The fourth-order valence-corrected chi connectivity index (χ4v) is 5.47. The Kier molecular flexibility index (Phi) is 9.19. The maximum absolute atomic E-state index is 12.5. The smallest absolute Gasteiger partial charge is 0.252 e. The Labute approximate surface area is 221 Å². The van der Waals surface area contributed by atoms with Gasteiger partial charge < -0.3 is 25.3 Å². The van der Waals surface area contributed by atoms with Crippen molar-refractivity contribution in [1.29, 1.82) is 0 Å². The zero-order valence-electron chi connectivity index (χ0n) is 23.0. The molecule has 37 heavy (non-hydrogen) atoms. The number of aromatic nitrogens is 1. The number of aromatic amines is 1. The number of hydrogen-bond donors (Lipinski definition) is 3. The van der Waals surface area contributed by atoms with Crippen LogP contribution in [-0.2, 0) is 24.4 Å². The lowest BCUT2D eigenvalue weighted by Crippen LogP contribution is -2.40. The molecule has 0 amide bonds. The lowest BCUT2D eigenvalue weighted by Gasteiger charge is -2.37. The van der Waals surface area contributed by atoms with Crippen molar-refractivity contribution in [1.82, 2.24) is 15.6 Å². The Morgan fingerprint density at radius 3 is 2.35 bits per heavy atom. The summed E-state index contributed by atoms with van der Waals surface area (Å²) in [5.41, 5.74) is 10.3. The van der Waals surface area contributed by atoms with E-state index in [9.17, 15) is 4.79 Å². The molecule has 198 valence electrons. The number of benzene rings is 2. The van der Waals surface area contributed by atoms with Crippen LogP contribution in [0.3, 0.4) is 0 Å². The highest BCUT2D eigenvalue weighted by atomic mass is 16.5. The van der Waals surface area contributed by atoms with Gasteiger partial charge in [-0.05, 0) is 99.2 Å². The summed E-state index contributed by atoms with van der Waals surface area (Å²) in [5.74, 6) is 0. The highest BCUT2D eigenvalue weighted by Crippen LogP contribution is 2.34. The molecule has 3 N–H and O–H groups in total. The van der Waals surface area contributed by atoms with Gasteiger partial charge in [-0.25, -0.2) is 0 Å². The molecule has 1 saturated heterocycles. The highest BCUT2D eigenvalue weighted by Gasteiger charge is 2.23. The second kappa shape index (κ2) is 12.5. The van der Waals surface area contributed by atoms with Crippen LogP contribution >= 0.6 is 0 Å². The molecule has 1 fully saturated rings. The van der Waals surface area contributed by atoms with Gasteiger partial charge in [-0.1, -0.05) is 24.3 Å². The van der Waals surface area contributed by atoms with Gasteiger partial charge in [0, 0.05) is 62.4 Å². The molecule has 4 rings (SSSR count). The molecular weight excluding hydrogens is 460 g/mol. The SMILES string of the molecule is CCN(c1cc(-c2ccc(CNC)cc2)cc(CNCc2c(C)cc(C)[nH]c2=O)c1C)C1CCOCC1. The van der Waals surface area contributed by atoms with Gasteiger partial charge >= 0.3 is 0 Å². The van der Waals surface area contributed by atoms with Crippen molar-refractivity contribution in [3.8, 4) is 11.1 Å². The van der Waals surface area contributed by atoms with Gasteiger partial charge in [0.1, 0.15) is 0 Å². The van der Waals surface area contributed by atoms with E-state index in [4.69, 9.17) is 4.74 Å². The second-order valence-electron chi connectivity index (χ2n) is 10.2. The fourth-order valence-electron chi connectivity index (χ4n) is 5.47. The molecule has 2 heterocycles. The van der Waals surface area contributed by atoms with Crippen LogP contribution in [0.5, 0.6) is 0 Å². The van der Waals surface area contributed by atoms with Crippen LogP contribution in [-0.4, -0.2) is 37.8 Å². The third-order valence-electron chi connectivity index (χ3n) is 7.55. The molecule has 0 aliphatic carbocycles. The number of pyridine rings is 1. The Morgan fingerprint density at radius 2 is 1.70 bits per heavy atom. The largest absolute Gasteiger partial charge is 0.381 e. The Bertz CT molecular complexity index is 1240. The van der Waals surface area contributed by atoms with E-state index in [0.29, 0.717) is 19.1 Å². The number of ether oxygens (including phenoxy) is 1. The summed E-state index contributed by atoms with van der Waals surface area (Å²) in [6.07, 6.45) is 2.11. The number of nitrogens with one attached hydrogen (secondary N) is 3. The van der Waals surface area contributed by atoms with E-state index in [2.05, 4.69) is 70.8 Å². The molecule has 3 aromatic rings. The van der Waals surface area contributed by atoms with E-state index >= 15 is 0 Å². The summed E-state index contributed by atoms with van der Waals surface area (Å²) in [7, 11) is 1.97. The predicted molar refractivity (Wildman–Crippen MR) is 153 cm³/mol. The van der Waals surface area contributed by atoms with Crippen molar-refractivity contribution in [2.45, 2.75) is 66.2 Å². The summed E-state index contributed by atoms with van der Waals surface area (Å²) in [5, 5.41) is 6.79.